The molecule has 0 amide bonds. The zero-order valence-corrected chi connectivity index (χ0v) is 15.1. The first kappa shape index (κ1) is 18.8. The van der Waals surface area contributed by atoms with Gasteiger partial charge in [-0.3, -0.25) is 14.4 Å². The molecule has 138 valence electrons. The number of aromatic hydroxyl groups is 1. The van der Waals surface area contributed by atoms with E-state index in [1.807, 2.05) is 12.1 Å². The van der Waals surface area contributed by atoms with Crippen molar-refractivity contribution in [1.29, 1.82) is 0 Å². The molecule has 0 spiro atoms. The molecule has 0 heterocycles. The van der Waals surface area contributed by atoms with Crippen molar-refractivity contribution in [2.75, 3.05) is 0 Å². The van der Waals surface area contributed by atoms with E-state index in [4.69, 9.17) is 0 Å². The third-order valence-corrected chi connectivity index (χ3v) is 4.79. The van der Waals surface area contributed by atoms with E-state index in [1.54, 1.807) is 36.4 Å². The quantitative estimate of drug-likeness (QED) is 0.752. The molecule has 0 bridgehead atoms. The Bertz CT molecular complexity index is 891. The first-order valence-corrected chi connectivity index (χ1v) is 9.23. The Morgan fingerprint density at radius 3 is 2.15 bits per heavy atom. The second-order valence-electron chi connectivity index (χ2n) is 6.82. The molecule has 4 nitrogen and oxygen atoms in total. The van der Waals surface area contributed by atoms with Gasteiger partial charge in [0, 0.05) is 29.5 Å². The summed E-state index contributed by atoms with van der Waals surface area (Å²) >= 11 is 0. The topological polar surface area (TPSA) is 71.4 Å². The zero-order valence-electron chi connectivity index (χ0n) is 15.1. The van der Waals surface area contributed by atoms with Gasteiger partial charge in [0.1, 0.15) is 11.5 Å². The molecule has 1 N–H and O–H groups in total. The van der Waals surface area contributed by atoms with Gasteiger partial charge in [-0.2, -0.15) is 0 Å². The summed E-state index contributed by atoms with van der Waals surface area (Å²) in [7, 11) is 0. The van der Waals surface area contributed by atoms with Gasteiger partial charge in [-0.25, -0.2) is 0 Å². The molecular weight excluding hydrogens is 340 g/mol. The number of hydrogen-bond donors (Lipinski definition) is 1. The first-order chi connectivity index (χ1) is 13.0. The van der Waals surface area contributed by atoms with Crippen LogP contribution in [0.2, 0.25) is 0 Å². The average Bonchev–Trinajstić information content (AvgIpc) is 2.67. The van der Waals surface area contributed by atoms with Gasteiger partial charge < -0.3 is 5.11 Å². The molecule has 1 aliphatic carbocycles. The highest BCUT2D eigenvalue weighted by Crippen LogP contribution is 2.24. The molecule has 3 rings (SSSR count). The van der Waals surface area contributed by atoms with E-state index in [-0.39, 0.29) is 23.1 Å². The summed E-state index contributed by atoms with van der Waals surface area (Å²) in [5.74, 6) is 0.164. The van der Waals surface area contributed by atoms with E-state index in [0.717, 1.165) is 18.4 Å². The number of fused-ring (bicyclic) bond motifs is 1. The van der Waals surface area contributed by atoms with Gasteiger partial charge in [0.2, 0.25) is 0 Å². The van der Waals surface area contributed by atoms with Crippen LogP contribution in [0.4, 0.5) is 0 Å². The Labute approximate surface area is 158 Å². The Morgan fingerprint density at radius 2 is 1.44 bits per heavy atom. The fourth-order valence-electron chi connectivity index (χ4n) is 3.31. The van der Waals surface area contributed by atoms with Crippen molar-refractivity contribution in [3.05, 3.63) is 76.9 Å². The average molecular weight is 362 g/mol. The molecule has 2 aromatic carbocycles. The number of ketones is 3. The number of phenols is 1. The molecule has 0 atom stereocenters. The van der Waals surface area contributed by atoms with Crippen LogP contribution in [0.1, 0.15) is 58.4 Å². The standard InChI is InChI=1S/C23H22O4/c24-18(7-3-5-16-11-13-19(25)14-12-16)8-4-6-17-15-22(26)20-9-1-2-10-21(20)23(17)27/h1-2,9-15,25H,3-8H2. The summed E-state index contributed by atoms with van der Waals surface area (Å²) in [6.07, 6.45) is 4.90. The Morgan fingerprint density at radius 1 is 0.815 bits per heavy atom. The Balaban J connectivity index is 1.43. The van der Waals surface area contributed by atoms with Crippen LogP contribution in [0.25, 0.3) is 0 Å². The van der Waals surface area contributed by atoms with Crippen molar-refractivity contribution < 1.29 is 19.5 Å². The fraction of sp³-hybridized carbons (Fsp3) is 0.261. The van der Waals surface area contributed by atoms with Gasteiger partial charge in [0.05, 0.1) is 0 Å². The number of hydrogen-bond acceptors (Lipinski definition) is 4. The third-order valence-electron chi connectivity index (χ3n) is 4.79. The SMILES string of the molecule is O=C(CCCC1=CC(=O)c2ccccc2C1=O)CCCc1ccc(O)cc1. The first-order valence-electron chi connectivity index (χ1n) is 9.23. The molecule has 0 aliphatic heterocycles. The number of aryl methyl sites for hydroxylation is 1. The zero-order chi connectivity index (χ0) is 19.2. The van der Waals surface area contributed by atoms with E-state index in [0.29, 0.717) is 42.4 Å². The summed E-state index contributed by atoms with van der Waals surface area (Å²) in [5.41, 5.74) is 2.50. The molecule has 1 aliphatic rings. The summed E-state index contributed by atoms with van der Waals surface area (Å²) < 4.78 is 0. The highest BCUT2D eigenvalue weighted by molar-refractivity contribution is 6.24. The molecule has 4 heteroatoms. The molecule has 0 unspecified atom stereocenters. The monoisotopic (exact) mass is 362 g/mol. The van der Waals surface area contributed by atoms with Crippen LogP contribution >= 0.6 is 0 Å². The van der Waals surface area contributed by atoms with Crippen molar-refractivity contribution in [2.24, 2.45) is 0 Å². The predicted octanol–water partition coefficient (Wildman–Crippen LogP) is 4.46. The lowest BCUT2D eigenvalue weighted by molar-refractivity contribution is -0.119. The highest BCUT2D eigenvalue weighted by Gasteiger charge is 2.24. The fourth-order valence-corrected chi connectivity index (χ4v) is 3.31. The van der Waals surface area contributed by atoms with Crippen molar-refractivity contribution in [3.8, 4) is 5.75 Å². The van der Waals surface area contributed by atoms with Crippen molar-refractivity contribution in [2.45, 2.75) is 38.5 Å². The van der Waals surface area contributed by atoms with Gasteiger partial charge in [-0.15, -0.1) is 0 Å². The van der Waals surface area contributed by atoms with Gasteiger partial charge in [-0.05, 0) is 49.5 Å². The summed E-state index contributed by atoms with van der Waals surface area (Å²) in [6, 6.07) is 13.9. The lowest BCUT2D eigenvalue weighted by atomic mass is 9.87. The minimum Gasteiger partial charge on any atom is -0.508 e. The Kier molecular flexibility index (Phi) is 5.97. The second-order valence-corrected chi connectivity index (χ2v) is 6.82. The molecule has 0 radical (unpaired) electrons. The van der Waals surface area contributed by atoms with Crippen molar-refractivity contribution in [1.82, 2.24) is 0 Å². The van der Waals surface area contributed by atoms with Crippen LogP contribution in [0.15, 0.2) is 60.2 Å². The summed E-state index contributed by atoms with van der Waals surface area (Å²) in [6.45, 7) is 0. The van der Waals surface area contributed by atoms with Crippen LogP contribution in [-0.4, -0.2) is 22.5 Å². The van der Waals surface area contributed by atoms with E-state index in [2.05, 4.69) is 0 Å². The van der Waals surface area contributed by atoms with Gasteiger partial charge >= 0.3 is 0 Å². The molecule has 0 saturated carbocycles. The summed E-state index contributed by atoms with van der Waals surface area (Å²) in [4.78, 5) is 36.7. The van der Waals surface area contributed by atoms with Gasteiger partial charge in [0.25, 0.3) is 0 Å². The van der Waals surface area contributed by atoms with E-state index in [1.165, 1.54) is 6.08 Å². The van der Waals surface area contributed by atoms with E-state index >= 15 is 0 Å². The largest absolute Gasteiger partial charge is 0.508 e. The van der Waals surface area contributed by atoms with Crippen LogP contribution in [0.5, 0.6) is 5.75 Å². The third kappa shape index (κ3) is 4.79. The number of carbonyl (C=O) groups excluding carboxylic acids is 3. The summed E-state index contributed by atoms with van der Waals surface area (Å²) in [5, 5.41) is 9.26. The second kappa shape index (κ2) is 8.58. The van der Waals surface area contributed by atoms with Crippen LogP contribution in [0, 0.1) is 0 Å². The maximum atomic E-state index is 12.5. The molecular formula is C23H22O4. The smallest absolute Gasteiger partial charge is 0.189 e. The number of Topliss-reactive ketones (excluding diaryl/α,β-unsaturated/α-hetero) is 2. The van der Waals surface area contributed by atoms with Crippen molar-refractivity contribution >= 4 is 17.3 Å². The number of allylic oxidation sites excluding steroid dienone is 2. The normalized spacial score (nSPS) is 13.3. The maximum Gasteiger partial charge on any atom is 0.189 e. The van der Waals surface area contributed by atoms with Crippen molar-refractivity contribution in [3.63, 3.8) is 0 Å². The predicted molar refractivity (Wildman–Crippen MR) is 103 cm³/mol. The van der Waals surface area contributed by atoms with Gasteiger partial charge in [-0.1, -0.05) is 36.4 Å². The van der Waals surface area contributed by atoms with Crippen LogP contribution in [0.3, 0.4) is 0 Å². The minimum atomic E-state index is -0.138. The van der Waals surface area contributed by atoms with Crippen LogP contribution < -0.4 is 0 Å². The molecule has 2 aromatic rings. The molecule has 0 saturated heterocycles. The highest BCUT2D eigenvalue weighted by atomic mass is 16.3. The van der Waals surface area contributed by atoms with Gasteiger partial charge in [0.15, 0.2) is 11.6 Å². The molecule has 27 heavy (non-hydrogen) atoms. The lowest BCUT2D eigenvalue weighted by Gasteiger charge is -2.14. The van der Waals surface area contributed by atoms with E-state index < -0.39 is 0 Å². The van der Waals surface area contributed by atoms with E-state index in [9.17, 15) is 19.5 Å². The number of carbonyl (C=O) groups is 3. The minimum absolute atomic E-state index is 0.107. The Hall–Kier alpha value is -3.01. The van der Waals surface area contributed by atoms with Crippen LogP contribution in [-0.2, 0) is 11.2 Å². The number of benzene rings is 2. The molecule has 0 fully saturated rings. The lowest BCUT2D eigenvalue weighted by Crippen LogP contribution is -2.17. The molecule has 0 aromatic heterocycles. The maximum absolute atomic E-state index is 12.5. The number of phenolic OH excluding ortho intramolecular Hbond substituents is 1. The number of rotatable bonds is 8.